The maximum atomic E-state index is 11.3. The van der Waals surface area contributed by atoms with Crippen LogP contribution in [0.2, 0.25) is 5.02 Å². The van der Waals surface area contributed by atoms with Crippen LogP contribution in [-0.2, 0) is 9.53 Å². The third-order valence-corrected chi connectivity index (χ3v) is 4.98. The lowest BCUT2D eigenvalue weighted by molar-refractivity contribution is -0.385. The number of hydrogen-bond acceptors (Lipinski definition) is 6. The van der Waals surface area contributed by atoms with Crippen molar-refractivity contribution < 1.29 is 14.5 Å². The standard InChI is InChI=1S/C12H13ClN2O4S/c1-19-10(16)5-12(2-3-12)7-20-11-9(13)4-8(6-14-11)15(17)18/h4,6H,2-3,5,7H2,1H3. The van der Waals surface area contributed by atoms with Crippen LogP contribution in [0.25, 0.3) is 0 Å². The second-order valence-corrected chi connectivity index (χ2v) is 6.15. The van der Waals surface area contributed by atoms with Crippen molar-refractivity contribution in [3.63, 3.8) is 0 Å². The third-order valence-electron chi connectivity index (χ3n) is 3.22. The van der Waals surface area contributed by atoms with Gasteiger partial charge in [-0.2, -0.15) is 0 Å². The van der Waals surface area contributed by atoms with E-state index in [0.717, 1.165) is 12.8 Å². The average molecular weight is 317 g/mol. The highest BCUT2D eigenvalue weighted by Crippen LogP contribution is 2.52. The van der Waals surface area contributed by atoms with Crippen LogP contribution in [-0.4, -0.2) is 28.7 Å². The average Bonchev–Trinajstić information content (AvgIpc) is 3.17. The Balaban J connectivity index is 1.98. The minimum absolute atomic E-state index is 0.0372. The molecule has 0 radical (unpaired) electrons. The second kappa shape index (κ2) is 5.97. The predicted molar refractivity (Wildman–Crippen MR) is 74.9 cm³/mol. The first kappa shape index (κ1) is 15.1. The molecule has 1 heterocycles. The Kier molecular flexibility index (Phi) is 4.49. The first-order valence-electron chi connectivity index (χ1n) is 5.95. The summed E-state index contributed by atoms with van der Waals surface area (Å²) in [5, 5.41) is 11.4. The third kappa shape index (κ3) is 3.61. The molecule has 0 atom stereocenters. The van der Waals surface area contributed by atoms with Gasteiger partial charge in [-0.3, -0.25) is 14.9 Å². The number of halogens is 1. The molecule has 0 saturated heterocycles. The van der Waals surface area contributed by atoms with Crippen LogP contribution in [0.1, 0.15) is 19.3 Å². The Morgan fingerprint density at radius 2 is 2.35 bits per heavy atom. The summed E-state index contributed by atoms with van der Waals surface area (Å²) in [7, 11) is 1.38. The minimum Gasteiger partial charge on any atom is -0.469 e. The molecule has 0 spiro atoms. The lowest BCUT2D eigenvalue weighted by Gasteiger charge is -2.12. The zero-order chi connectivity index (χ0) is 14.8. The van der Waals surface area contributed by atoms with E-state index in [0.29, 0.717) is 17.2 Å². The van der Waals surface area contributed by atoms with Gasteiger partial charge in [-0.1, -0.05) is 11.6 Å². The number of aromatic nitrogens is 1. The van der Waals surface area contributed by atoms with Crippen LogP contribution in [0.4, 0.5) is 5.69 Å². The summed E-state index contributed by atoms with van der Waals surface area (Å²) in [6, 6.07) is 1.29. The maximum absolute atomic E-state index is 11.3. The van der Waals surface area contributed by atoms with Gasteiger partial charge in [0.2, 0.25) is 0 Å². The van der Waals surface area contributed by atoms with E-state index < -0.39 is 4.92 Å². The van der Waals surface area contributed by atoms with E-state index in [1.54, 1.807) is 0 Å². The summed E-state index contributed by atoms with van der Waals surface area (Å²) in [6.45, 7) is 0. The van der Waals surface area contributed by atoms with E-state index in [1.807, 2.05) is 0 Å². The van der Waals surface area contributed by atoms with Crippen LogP contribution in [0, 0.1) is 15.5 Å². The van der Waals surface area contributed by atoms with Crippen LogP contribution in [0.3, 0.4) is 0 Å². The number of methoxy groups -OCH3 is 1. The van der Waals surface area contributed by atoms with Gasteiger partial charge in [0.05, 0.1) is 23.5 Å². The van der Waals surface area contributed by atoms with Gasteiger partial charge in [0, 0.05) is 11.8 Å². The number of carbonyl (C=O) groups is 1. The van der Waals surface area contributed by atoms with Crippen molar-refractivity contribution in [2.45, 2.75) is 24.3 Å². The SMILES string of the molecule is COC(=O)CC1(CSc2ncc([N+](=O)[O-])cc2Cl)CC1. The van der Waals surface area contributed by atoms with Crippen LogP contribution >= 0.6 is 23.4 Å². The Bertz CT molecular complexity index is 548. The topological polar surface area (TPSA) is 82.3 Å². The number of nitro groups is 1. The molecule has 0 unspecified atom stereocenters. The van der Waals surface area contributed by atoms with Gasteiger partial charge in [0.25, 0.3) is 5.69 Å². The Labute approximate surface area is 125 Å². The van der Waals surface area contributed by atoms with E-state index in [-0.39, 0.29) is 22.1 Å². The number of esters is 1. The van der Waals surface area contributed by atoms with Crippen molar-refractivity contribution in [3.05, 3.63) is 27.4 Å². The lowest BCUT2D eigenvalue weighted by Crippen LogP contribution is -2.13. The summed E-state index contributed by atoms with van der Waals surface area (Å²) < 4.78 is 4.68. The van der Waals surface area contributed by atoms with Gasteiger partial charge >= 0.3 is 5.97 Å². The fourth-order valence-electron chi connectivity index (χ4n) is 1.77. The second-order valence-electron chi connectivity index (χ2n) is 4.78. The number of thioether (sulfide) groups is 1. The molecule has 1 aliphatic carbocycles. The molecule has 6 nitrogen and oxygen atoms in total. The van der Waals surface area contributed by atoms with Gasteiger partial charge in [-0.05, 0) is 18.3 Å². The van der Waals surface area contributed by atoms with Gasteiger partial charge in [-0.25, -0.2) is 4.98 Å². The molecule has 8 heteroatoms. The van der Waals surface area contributed by atoms with Gasteiger partial charge in [0.15, 0.2) is 0 Å². The van der Waals surface area contributed by atoms with Crippen LogP contribution in [0.5, 0.6) is 0 Å². The molecule has 108 valence electrons. The number of rotatable bonds is 6. The zero-order valence-electron chi connectivity index (χ0n) is 10.8. The normalized spacial score (nSPS) is 15.7. The van der Waals surface area contributed by atoms with E-state index >= 15 is 0 Å². The number of carbonyl (C=O) groups excluding carboxylic acids is 1. The first-order chi connectivity index (χ1) is 9.46. The summed E-state index contributed by atoms with van der Waals surface area (Å²) in [6.07, 6.45) is 3.52. The minimum atomic E-state index is -0.535. The van der Waals surface area contributed by atoms with Gasteiger partial charge in [0.1, 0.15) is 11.2 Å². The molecule has 0 amide bonds. The summed E-state index contributed by atoms with van der Waals surface area (Å²) >= 11 is 7.39. The molecule has 1 aromatic rings. The van der Waals surface area contributed by atoms with Crippen LogP contribution < -0.4 is 0 Å². The van der Waals surface area contributed by atoms with Crippen molar-refractivity contribution in [2.24, 2.45) is 5.41 Å². The summed E-state index contributed by atoms with van der Waals surface area (Å²) in [5.41, 5.74) is -0.167. The smallest absolute Gasteiger partial charge is 0.306 e. The van der Waals surface area contributed by atoms with Crippen molar-refractivity contribution in [1.82, 2.24) is 4.98 Å². The lowest BCUT2D eigenvalue weighted by atomic mass is 10.1. The predicted octanol–water partition coefficient (Wildman–Crippen LogP) is 3.08. The van der Waals surface area contributed by atoms with Crippen molar-refractivity contribution >= 4 is 35.0 Å². The molecule has 1 aromatic heterocycles. The molecule has 2 rings (SSSR count). The molecule has 1 fully saturated rings. The van der Waals surface area contributed by atoms with Crippen molar-refractivity contribution in [3.8, 4) is 0 Å². The Morgan fingerprint density at radius 1 is 1.65 bits per heavy atom. The van der Waals surface area contributed by atoms with E-state index in [1.165, 1.54) is 31.1 Å². The molecule has 0 N–H and O–H groups in total. The summed E-state index contributed by atoms with van der Waals surface area (Å²) in [5.74, 6) is 0.484. The highest BCUT2D eigenvalue weighted by atomic mass is 35.5. The fraction of sp³-hybridized carbons (Fsp3) is 0.500. The van der Waals surface area contributed by atoms with Crippen LogP contribution in [0.15, 0.2) is 17.3 Å². The molecule has 1 saturated carbocycles. The number of hydrogen-bond donors (Lipinski definition) is 0. The van der Waals surface area contributed by atoms with E-state index in [2.05, 4.69) is 9.72 Å². The number of ether oxygens (including phenoxy) is 1. The molecule has 0 aliphatic heterocycles. The van der Waals surface area contributed by atoms with E-state index in [9.17, 15) is 14.9 Å². The maximum Gasteiger partial charge on any atom is 0.306 e. The molecule has 20 heavy (non-hydrogen) atoms. The quantitative estimate of drug-likeness (QED) is 0.347. The Morgan fingerprint density at radius 3 is 2.85 bits per heavy atom. The molecule has 0 bridgehead atoms. The monoisotopic (exact) mass is 316 g/mol. The zero-order valence-corrected chi connectivity index (χ0v) is 12.4. The van der Waals surface area contributed by atoms with E-state index in [4.69, 9.17) is 11.6 Å². The number of pyridine rings is 1. The number of nitrogens with zero attached hydrogens (tertiary/aromatic N) is 2. The van der Waals surface area contributed by atoms with Crippen molar-refractivity contribution in [1.29, 1.82) is 0 Å². The van der Waals surface area contributed by atoms with Crippen molar-refractivity contribution in [2.75, 3.05) is 12.9 Å². The van der Waals surface area contributed by atoms with Gasteiger partial charge in [-0.15, -0.1) is 11.8 Å². The Hall–Kier alpha value is -1.34. The molecule has 0 aromatic carbocycles. The largest absolute Gasteiger partial charge is 0.469 e. The molecular formula is C12H13ClN2O4S. The molecule has 1 aliphatic rings. The highest BCUT2D eigenvalue weighted by Gasteiger charge is 2.44. The summed E-state index contributed by atoms with van der Waals surface area (Å²) in [4.78, 5) is 25.4. The fourth-order valence-corrected chi connectivity index (χ4v) is 3.25. The molecular weight excluding hydrogens is 304 g/mol. The first-order valence-corrected chi connectivity index (χ1v) is 7.32. The highest BCUT2D eigenvalue weighted by molar-refractivity contribution is 7.99. The van der Waals surface area contributed by atoms with Gasteiger partial charge < -0.3 is 4.74 Å².